The summed E-state index contributed by atoms with van der Waals surface area (Å²) in [6.45, 7) is 1.65. The fraction of sp³-hybridized carbons (Fsp3) is 0.111. The van der Waals surface area contributed by atoms with Crippen molar-refractivity contribution in [3.05, 3.63) is 66.6 Å². The maximum absolute atomic E-state index is 11.8. The van der Waals surface area contributed by atoms with Crippen LogP contribution in [0.4, 0.5) is 0 Å². The first-order valence-electron chi connectivity index (χ1n) is 7.21. The number of rotatable bonds is 5. The van der Waals surface area contributed by atoms with E-state index in [4.69, 9.17) is 9.15 Å². The average molecular weight is 308 g/mol. The molecule has 23 heavy (non-hydrogen) atoms. The maximum Gasteiger partial charge on any atom is 0.277 e. The van der Waals surface area contributed by atoms with Crippen molar-refractivity contribution >= 4 is 22.4 Å². The summed E-state index contributed by atoms with van der Waals surface area (Å²) in [4.78, 5) is 11.8. The molecule has 1 heterocycles. The molecule has 1 aromatic heterocycles. The molecule has 5 nitrogen and oxygen atoms in total. The Kier molecular flexibility index (Phi) is 4.38. The summed E-state index contributed by atoms with van der Waals surface area (Å²) in [6, 6.07) is 17.2. The summed E-state index contributed by atoms with van der Waals surface area (Å²) in [5.74, 6) is 0.926. The van der Waals surface area contributed by atoms with Gasteiger partial charge in [0, 0.05) is 0 Å². The first kappa shape index (κ1) is 14.8. The quantitative estimate of drug-likeness (QED) is 0.580. The van der Waals surface area contributed by atoms with Crippen molar-refractivity contribution in [1.29, 1.82) is 0 Å². The third-order valence-electron chi connectivity index (χ3n) is 3.32. The SMILES string of the molecule is C/C(=N/NC(=O)COc1ccc2ccccc2c1)c1ccco1. The Morgan fingerprint density at radius 3 is 2.74 bits per heavy atom. The standard InChI is InChI=1S/C18H16N2O3/c1-13(17-7-4-10-22-17)19-20-18(21)12-23-16-9-8-14-5-2-3-6-15(14)11-16/h2-11H,12H2,1H3,(H,20,21)/b19-13-. The molecule has 0 atom stereocenters. The summed E-state index contributed by atoms with van der Waals surface area (Å²) in [5.41, 5.74) is 3.03. The smallest absolute Gasteiger partial charge is 0.277 e. The molecule has 1 amide bonds. The van der Waals surface area contributed by atoms with Gasteiger partial charge in [-0.15, -0.1) is 0 Å². The highest BCUT2D eigenvalue weighted by atomic mass is 16.5. The largest absolute Gasteiger partial charge is 0.484 e. The van der Waals surface area contributed by atoms with E-state index in [0.717, 1.165) is 10.8 Å². The molecule has 0 radical (unpaired) electrons. The Balaban J connectivity index is 1.56. The fourth-order valence-corrected chi connectivity index (χ4v) is 2.12. The van der Waals surface area contributed by atoms with Crippen LogP contribution in [0.25, 0.3) is 10.8 Å². The molecule has 0 aliphatic carbocycles. The Morgan fingerprint density at radius 1 is 1.13 bits per heavy atom. The second-order valence-electron chi connectivity index (χ2n) is 5.01. The van der Waals surface area contributed by atoms with Crippen molar-refractivity contribution in [2.75, 3.05) is 6.61 Å². The number of amides is 1. The zero-order valence-electron chi connectivity index (χ0n) is 12.7. The van der Waals surface area contributed by atoms with Crippen LogP contribution in [0.5, 0.6) is 5.75 Å². The lowest BCUT2D eigenvalue weighted by Crippen LogP contribution is -2.25. The molecule has 0 saturated heterocycles. The predicted molar refractivity (Wildman–Crippen MR) is 88.5 cm³/mol. The molecule has 0 aliphatic rings. The van der Waals surface area contributed by atoms with Gasteiger partial charge >= 0.3 is 0 Å². The number of carbonyl (C=O) groups excluding carboxylic acids is 1. The normalized spacial score (nSPS) is 11.4. The lowest BCUT2D eigenvalue weighted by Gasteiger charge is -2.06. The van der Waals surface area contributed by atoms with Crippen molar-refractivity contribution < 1.29 is 13.9 Å². The van der Waals surface area contributed by atoms with E-state index < -0.39 is 0 Å². The summed E-state index contributed by atoms with van der Waals surface area (Å²) < 4.78 is 10.7. The second-order valence-corrected chi connectivity index (χ2v) is 5.01. The van der Waals surface area contributed by atoms with E-state index in [2.05, 4.69) is 10.5 Å². The number of benzene rings is 2. The van der Waals surface area contributed by atoms with Crippen LogP contribution in [0.3, 0.4) is 0 Å². The topological polar surface area (TPSA) is 63.8 Å². The molecule has 2 aromatic carbocycles. The van der Waals surface area contributed by atoms with Crippen molar-refractivity contribution in [3.63, 3.8) is 0 Å². The highest BCUT2D eigenvalue weighted by Crippen LogP contribution is 2.20. The van der Waals surface area contributed by atoms with Gasteiger partial charge in [0.1, 0.15) is 17.2 Å². The van der Waals surface area contributed by atoms with Gasteiger partial charge in [0.2, 0.25) is 0 Å². The van der Waals surface area contributed by atoms with Gasteiger partial charge in [-0.05, 0) is 42.0 Å². The number of hydrogen-bond acceptors (Lipinski definition) is 4. The van der Waals surface area contributed by atoms with Crippen molar-refractivity contribution in [1.82, 2.24) is 5.43 Å². The van der Waals surface area contributed by atoms with Crippen molar-refractivity contribution in [2.24, 2.45) is 5.10 Å². The lowest BCUT2D eigenvalue weighted by atomic mass is 10.1. The van der Waals surface area contributed by atoms with Gasteiger partial charge < -0.3 is 9.15 Å². The van der Waals surface area contributed by atoms with E-state index in [1.54, 1.807) is 25.3 Å². The fourth-order valence-electron chi connectivity index (χ4n) is 2.12. The minimum Gasteiger partial charge on any atom is -0.484 e. The third-order valence-corrected chi connectivity index (χ3v) is 3.32. The second kappa shape index (κ2) is 6.79. The monoisotopic (exact) mass is 308 g/mol. The minimum atomic E-state index is -0.330. The maximum atomic E-state index is 11.8. The summed E-state index contributed by atoms with van der Waals surface area (Å²) in [7, 11) is 0. The first-order chi connectivity index (χ1) is 11.2. The van der Waals surface area contributed by atoms with E-state index in [9.17, 15) is 4.79 Å². The van der Waals surface area contributed by atoms with Crippen LogP contribution in [0.15, 0.2) is 70.4 Å². The molecule has 0 bridgehead atoms. The molecule has 0 fully saturated rings. The van der Waals surface area contributed by atoms with E-state index >= 15 is 0 Å². The molecule has 0 saturated carbocycles. The highest BCUT2D eigenvalue weighted by Gasteiger charge is 2.04. The average Bonchev–Trinajstić information content (AvgIpc) is 3.12. The van der Waals surface area contributed by atoms with E-state index in [-0.39, 0.29) is 12.5 Å². The van der Waals surface area contributed by atoms with Crippen LogP contribution in [0.2, 0.25) is 0 Å². The van der Waals surface area contributed by atoms with Crippen LogP contribution in [-0.4, -0.2) is 18.2 Å². The minimum absolute atomic E-state index is 0.104. The van der Waals surface area contributed by atoms with Crippen molar-refractivity contribution in [2.45, 2.75) is 6.92 Å². The van der Waals surface area contributed by atoms with Crippen LogP contribution < -0.4 is 10.2 Å². The number of hydrazone groups is 1. The number of carbonyl (C=O) groups is 1. The molecular formula is C18H16N2O3. The zero-order valence-corrected chi connectivity index (χ0v) is 12.7. The van der Waals surface area contributed by atoms with Gasteiger partial charge in [0.15, 0.2) is 6.61 Å². The van der Waals surface area contributed by atoms with Gasteiger partial charge in [0.05, 0.1) is 6.26 Å². The van der Waals surface area contributed by atoms with Gasteiger partial charge in [-0.25, -0.2) is 5.43 Å². The summed E-state index contributed by atoms with van der Waals surface area (Å²) >= 11 is 0. The van der Waals surface area contributed by atoms with Gasteiger partial charge in [-0.1, -0.05) is 30.3 Å². The molecule has 1 N–H and O–H groups in total. The molecule has 3 rings (SSSR count). The van der Waals surface area contributed by atoms with E-state index in [0.29, 0.717) is 17.2 Å². The molecule has 5 heteroatoms. The van der Waals surface area contributed by atoms with E-state index in [1.807, 2.05) is 42.5 Å². The highest BCUT2D eigenvalue weighted by molar-refractivity contribution is 5.96. The number of nitrogens with one attached hydrogen (secondary N) is 1. The molecule has 0 spiro atoms. The Labute approximate surface area is 133 Å². The van der Waals surface area contributed by atoms with Crippen LogP contribution >= 0.6 is 0 Å². The summed E-state index contributed by atoms with van der Waals surface area (Å²) in [6.07, 6.45) is 1.55. The number of furan rings is 1. The van der Waals surface area contributed by atoms with Crippen LogP contribution in [0, 0.1) is 0 Å². The molecule has 0 unspecified atom stereocenters. The lowest BCUT2D eigenvalue weighted by molar-refractivity contribution is -0.123. The van der Waals surface area contributed by atoms with Crippen LogP contribution in [-0.2, 0) is 4.79 Å². The zero-order chi connectivity index (χ0) is 16.1. The first-order valence-corrected chi connectivity index (χ1v) is 7.21. The Bertz CT molecular complexity index is 838. The van der Waals surface area contributed by atoms with Crippen molar-refractivity contribution in [3.8, 4) is 5.75 Å². The van der Waals surface area contributed by atoms with Gasteiger partial charge in [-0.3, -0.25) is 4.79 Å². The van der Waals surface area contributed by atoms with Gasteiger partial charge in [-0.2, -0.15) is 5.10 Å². The Hall–Kier alpha value is -3.08. The Morgan fingerprint density at radius 2 is 1.96 bits per heavy atom. The number of hydrogen-bond donors (Lipinski definition) is 1. The number of nitrogens with zero attached hydrogens (tertiary/aromatic N) is 1. The van der Waals surface area contributed by atoms with Gasteiger partial charge in [0.25, 0.3) is 5.91 Å². The third kappa shape index (κ3) is 3.77. The molecule has 0 aliphatic heterocycles. The molecule has 3 aromatic rings. The predicted octanol–water partition coefficient (Wildman–Crippen LogP) is 3.35. The number of ether oxygens (including phenoxy) is 1. The molecular weight excluding hydrogens is 292 g/mol. The summed E-state index contributed by atoms with van der Waals surface area (Å²) in [5, 5.41) is 6.17. The molecule has 116 valence electrons. The number of fused-ring (bicyclic) bond motifs is 1. The van der Waals surface area contributed by atoms with E-state index in [1.165, 1.54) is 0 Å². The van der Waals surface area contributed by atoms with Crippen LogP contribution in [0.1, 0.15) is 12.7 Å².